The summed E-state index contributed by atoms with van der Waals surface area (Å²) < 4.78 is 35.8. The molecule has 0 atom stereocenters. The third kappa shape index (κ3) is 5.88. The van der Waals surface area contributed by atoms with Gasteiger partial charge in [-0.1, -0.05) is 36.5 Å². The molecule has 0 aliphatic carbocycles. The highest BCUT2D eigenvalue weighted by Crippen LogP contribution is 2.27. The maximum absolute atomic E-state index is 12.1. The van der Waals surface area contributed by atoms with Gasteiger partial charge in [-0.15, -0.1) is 0 Å². The molecule has 11 heteroatoms. The van der Waals surface area contributed by atoms with E-state index in [0.717, 1.165) is 18.4 Å². The second-order valence-corrected chi connectivity index (χ2v) is 9.16. The fourth-order valence-electron chi connectivity index (χ4n) is 2.93. The Bertz CT molecular complexity index is 1210. The number of aryl methyl sites for hydroxylation is 1. The molecule has 1 aromatic heterocycles. The zero-order valence-corrected chi connectivity index (χ0v) is 19.0. The Balaban J connectivity index is 1.73. The van der Waals surface area contributed by atoms with Crippen LogP contribution in [0.5, 0.6) is 5.75 Å². The molecule has 2 N–H and O–H groups in total. The second kappa shape index (κ2) is 9.86. The molecule has 0 aliphatic rings. The first-order valence-electron chi connectivity index (χ1n) is 9.44. The van der Waals surface area contributed by atoms with E-state index in [-0.39, 0.29) is 23.1 Å². The number of carbonyl (C=O) groups is 1. The molecule has 0 aliphatic heterocycles. The molecule has 2 aromatic carbocycles. The monoisotopic (exact) mass is 485 g/mol. The molecule has 0 spiro atoms. The van der Waals surface area contributed by atoms with Gasteiger partial charge in [-0.2, -0.15) is 0 Å². The van der Waals surface area contributed by atoms with Crippen LogP contribution in [0.25, 0.3) is 11.0 Å². The Hall–Kier alpha value is -2.33. The molecule has 3 aromatic rings. The summed E-state index contributed by atoms with van der Waals surface area (Å²) in [4.78, 5) is 16.6. The van der Waals surface area contributed by atoms with Gasteiger partial charge in [0.05, 0.1) is 21.0 Å². The lowest BCUT2D eigenvalue weighted by Crippen LogP contribution is -2.16. The number of ether oxygens (including phenoxy) is 2. The van der Waals surface area contributed by atoms with Gasteiger partial charge in [0.2, 0.25) is 10.0 Å². The summed E-state index contributed by atoms with van der Waals surface area (Å²) in [6.07, 6.45) is 1.82. The summed E-state index contributed by atoms with van der Waals surface area (Å²) >= 11 is 11.9. The van der Waals surface area contributed by atoms with E-state index in [1.165, 1.54) is 18.2 Å². The van der Waals surface area contributed by atoms with Gasteiger partial charge in [0, 0.05) is 11.6 Å². The third-order valence-electron chi connectivity index (χ3n) is 4.46. The summed E-state index contributed by atoms with van der Waals surface area (Å²) in [7, 11) is -3.85. The predicted octanol–water partition coefficient (Wildman–Crippen LogP) is 3.91. The van der Waals surface area contributed by atoms with Crippen molar-refractivity contribution in [3.8, 4) is 5.75 Å². The quantitative estimate of drug-likeness (QED) is 0.459. The molecular weight excluding hydrogens is 465 g/mol. The van der Waals surface area contributed by atoms with Gasteiger partial charge in [-0.25, -0.2) is 23.3 Å². The first-order valence-corrected chi connectivity index (χ1v) is 11.7. The van der Waals surface area contributed by atoms with Crippen LogP contribution in [0.2, 0.25) is 10.0 Å². The number of primary sulfonamides is 1. The molecular formula is C20H21Cl2N3O5S. The number of carbonyl (C=O) groups excluding carboxylic acids is 1. The van der Waals surface area contributed by atoms with Crippen molar-refractivity contribution in [2.45, 2.75) is 37.8 Å². The van der Waals surface area contributed by atoms with E-state index in [1.807, 2.05) is 4.57 Å². The first kappa shape index (κ1) is 23.3. The van der Waals surface area contributed by atoms with Crippen molar-refractivity contribution in [1.29, 1.82) is 0 Å². The lowest BCUT2D eigenvalue weighted by atomic mass is 10.3. The largest absolute Gasteiger partial charge is 0.480 e. The second-order valence-electron chi connectivity index (χ2n) is 6.75. The number of unbranched alkanes of at least 4 members (excludes halogenated alkanes) is 1. The molecule has 31 heavy (non-hydrogen) atoms. The number of nitrogens with two attached hydrogens (primary N) is 1. The topological polar surface area (TPSA) is 114 Å². The van der Waals surface area contributed by atoms with Crippen LogP contribution < -0.4 is 9.88 Å². The summed E-state index contributed by atoms with van der Waals surface area (Å²) in [5, 5.41) is 5.95. The predicted molar refractivity (Wildman–Crippen MR) is 118 cm³/mol. The Morgan fingerprint density at radius 2 is 1.97 bits per heavy atom. The number of hydrogen-bond acceptors (Lipinski definition) is 6. The van der Waals surface area contributed by atoms with Crippen LogP contribution in [0, 0.1) is 0 Å². The van der Waals surface area contributed by atoms with E-state index >= 15 is 0 Å². The Kier molecular flexibility index (Phi) is 7.42. The van der Waals surface area contributed by atoms with Gasteiger partial charge in [0.25, 0.3) is 0 Å². The van der Waals surface area contributed by atoms with Gasteiger partial charge in [-0.3, -0.25) is 0 Å². The Morgan fingerprint density at radius 1 is 1.19 bits per heavy atom. The van der Waals surface area contributed by atoms with Gasteiger partial charge in [-0.05, 0) is 42.8 Å². The van der Waals surface area contributed by atoms with Crippen molar-refractivity contribution in [3.63, 3.8) is 0 Å². The van der Waals surface area contributed by atoms with Gasteiger partial charge in [0.1, 0.15) is 18.2 Å². The molecule has 0 fully saturated rings. The van der Waals surface area contributed by atoms with Crippen molar-refractivity contribution in [2.24, 2.45) is 5.14 Å². The van der Waals surface area contributed by atoms with E-state index < -0.39 is 16.0 Å². The van der Waals surface area contributed by atoms with Crippen molar-refractivity contribution in [3.05, 3.63) is 52.3 Å². The van der Waals surface area contributed by atoms with Crippen molar-refractivity contribution < 1.29 is 22.7 Å². The van der Waals surface area contributed by atoms with Crippen LogP contribution in [0.1, 0.15) is 25.6 Å². The number of fused-ring (bicyclic) bond motifs is 1. The average Bonchev–Trinajstić information content (AvgIpc) is 3.06. The molecule has 8 nitrogen and oxygen atoms in total. The molecule has 1 heterocycles. The van der Waals surface area contributed by atoms with E-state index in [4.69, 9.17) is 37.8 Å². The molecule has 0 saturated carbocycles. The molecule has 0 bridgehead atoms. The maximum Gasteiger partial charge on any atom is 0.344 e. The average molecular weight is 486 g/mol. The normalized spacial score (nSPS) is 11.6. The highest BCUT2D eigenvalue weighted by atomic mass is 35.5. The highest BCUT2D eigenvalue weighted by Gasteiger charge is 2.16. The molecule has 3 rings (SSSR count). The van der Waals surface area contributed by atoms with Gasteiger partial charge < -0.3 is 14.0 Å². The van der Waals surface area contributed by atoms with Crippen molar-refractivity contribution in [2.75, 3.05) is 6.61 Å². The lowest BCUT2D eigenvalue weighted by Gasteiger charge is -2.10. The van der Waals surface area contributed by atoms with E-state index in [9.17, 15) is 13.2 Å². The zero-order chi connectivity index (χ0) is 22.6. The van der Waals surface area contributed by atoms with Crippen LogP contribution in [0.4, 0.5) is 0 Å². The van der Waals surface area contributed by atoms with Crippen LogP contribution in [-0.4, -0.2) is 30.5 Å². The minimum absolute atomic E-state index is 0.0306. The van der Waals surface area contributed by atoms with Gasteiger partial charge >= 0.3 is 5.97 Å². The van der Waals surface area contributed by atoms with Crippen molar-refractivity contribution >= 4 is 50.2 Å². The van der Waals surface area contributed by atoms with Crippen LogP contribution >= 0.6 is 23.2 Å². The highest BCUT2D eigenvalue weighted by molar-refractivity contribution is 7.89. The maximum atomic E-state index is 12.1. The smallest absolute Gasteiger partial charge is 0.344 e. The Labute approximate surface area is 189 Å². The lowest BCUT2D eigenvalue weighted by molar-refractivity contribution is -0.147. The number of aromatic nitrogens is 2. The minimum Gasteiger partial charge on any atom is -0.480 e. The van der Waals surface area contributed by atoms with Crippen LogP contribution in [-0.2, 0) is 32.7 Å². The van der Waals surface area contributed by atoms with Crippen LogP contribution in [0.3, 0.4) is 0 Å². The summed E-state index contributed by atoms with van der Waals surface area (Å²) in [6, 6.07) is 9.15. The van der Waals surface area contributed by atoms with E-state index in [2.05, 4.69) is 11.9 Å². The fraction of sp³-hybridized carbons (Fsp3) is 0.300. The molecule has 0 amide bonds. The zero-order valence-electron chi connectivity index (χ0n) is 16.7. The number of imidazole rings is 1. The standard InChI is InChI=1S/C20H21Cl2N3O5S/c1-2-3-8-25-17-6-5-14(31(23,27)28)10-16(17)24-19(25)11-30-20(26)12-29-18-7-4-13(21)9-15(18)22/h4-7,9-10H,2-3,8,11-12H2,1H3,(H2,23,27,28). The molecule has 0 unspecified atom stereocenters. The Morgan fingerprint density at radius 3 is 2.65 bits per heavy atom. The number of nitrogens with zero attached hydrogens (tertiary/aromatic N) is 2. The molecule has 0 radical (unpaired) electrons. The van der Waals surface area contributed by atoms with E-state index in [1.54, 1.807) is 18.2 Å². The van der Waals surface area contributed by atoms with Gasteiger partial charge in [0.15, 0.2) is 6.61 Å². The first-order chi connectivity index (χ1) is 14.7. The number of sulfonamides is 1. The van der Waals surface area contributed by atoms with Crippen LogP contribution in [0.15, 0.2) is 41.3 Å². The number of benzene rings is 2. The molecule has 0 saturated heterocycles. The number of rotatable bonds is 9. The summed E-state index contributed by atoms with van der Waals surface area (Å²) in [5.74, 6) is 0.201. The van der Waals surface area contributed by atoms with E-state index in [0.29, 0.717) is 28.7 Å². The number of esters is 1. The summed E-state index contributed by atoms with van der Waals surface area (Å²) in [5.41, 5.74) is 1.19. The fourth-order valence-corrected chi connectivity index (χ4v) is 3.92. The minimum atomic E-state index is -3.85. The third-order valence-corrected chi connectivity index (χ3v) is 5.91. The molecule has 166 valence electrons. The summed E-state index contributed by atoms with van der Waals surface area (Å²) in [6.45, 7) is 2.26. The van der Waals surface area contributed by atoms with Crippen molar-refractivity contribution in [1.82, 2.24) is 9.55 Å². The number of halogens is 2. The number of hydrogen-bond donors (Lipinski definition) is 1. The SMILES string of the molecule is CCCCn1c(COC(=O)COc2ccc(Cl)cc2Cl)nc2cc(S(N)(=O)=O)ccc21.